The third kappa shape index (κ3) is 5.65. The lowest BCUT2D eigenvalue weighted by Crippen LogP contribution is -2.53. The van der Waals surface area contributed by atoms with Gasteiger partial charge in [0, 0.05) is 62.8 Å². The Kier molecular flexibility index (Phi) is 7.28. The maximum Gasteiger partial charge on any atom is 0.251 e. The first-order valence-corrected chi connectivity index (χ1v) is 12.8. The molecule has 2 aliphatic heterocycles. The molecular weight excluding hydrogens is 434 g/mol. The Labute approximate surface area is 208 Å². The molecule has 1 amide bonds. The standard InChI is InChI=1S/C29H35N5O/c1-23(24-7-3-2-4-8-24)31-29(35)25-10-12-26(13-11-25)32-17-14-27(15-18-32)33-19-21-34(22-20-33)28-9-5-6-16-30-28/h2-13,16,23,27H,14-15,17-22H2,1H3,(H,31,35)/t23-/m0/s1. The van der Waals surface area contributed by atoms with E-state index in [9.17, 15) is 4.79 Å². The van der Waals surface area contributed by atoms with E-state index in [0.29, 0.717) is 11.6 Å². The number of nitrogens with one attached hydrogen (secondary N) is 1. The molecule has 0 spiro atoms. The monoisotopic (exact) mass is 469 g/mol. The van der Waals surface area contributed by atoms with E-state index < -0.39 is 0 Å². The van der Waals surface area contributed by atoms with Crippen LogP contribution in [0, 0.1) is 0 Å². The molecule has 2 saturated heterocycles. The Balaban J connectivity index is 1.09. The number of nitrogens with zero attached hydrogens (tertiary/aromatic N) is 4. The van der Waals surface area contributed by atoms with Gasteiger partial charge in [0.2, 0.25) is 0 Å². The van der Waals surface area contributed by atoms with Gasteiger partial charge in [0.1, 0.15) is 5.82 Å². The summed E-state index contributed by atoms with van der Waals surface area (Å²) in [5, 5.41) is 3.10. The lowest BCUT2D eigenvalue weighted by Gasteiger charge is -2.43. The van der Waals surface area contributed by atoms with Gasteiger partial charge in [-0.15, -0.1) is 0 Å². The van der Waals surface area contributed by atoms with E-state index in [1.807, 2.05) is 61.7 Å². The number of piperidine rings is 1. The van der Waals surface area contributed by atoms with Crippen LogP contribution in [-0.2, 0) is 0 Å². The second kappa shape index (κ2) is 10.9. The van der Waals surface area contributed by atoms with Gasteiger partial charge in [0.25, 0.3) is 5.91 Å². The number of amides is 1. The highest BCUT2D eigenvalue weighted by atomic mass is 16.1. The van der Waals surface area contributed by atoms with E-state index in [-0.39, 0.29) is 11.9 Å². The number of hydrogen-bond acceptors (Lipinski definition) is 5. The maximum atomic E-state index is 12.7. The van der Waals surface area contributed by atoms with E-state index in [0.717, 1.165) is 50.6 Å². The summed E-state index contributed by atoms with van der Waals surface area (Å²) in [5.74, 6) is 1.06. The van der Waals surface area contributed by atoms with Crippen molar-refractivity contribution in [1.82, 2.24) is 15.2 Å². The van der Waals surface area contributed by atoms with E-state index >= 15 is 0 Å². The van der Waals surface area contributed by atoms with Gasteiger partial charge in [0.05, 0.1) is 6.04 Å². The van der Waals surface area contributed by atoms with Crippen molar-refractivity contribution in [2.45, 2.75) is 31.8 Å². The predicted molar refractivity (Wildman–Crippen MR) is 142 cm³/mol. The summed E-state index contributed by atoms with van der Waals surface area (Å²) >= 11 is 0. The van der Waals surface area contributed by atoms with Crippen LogP contribution in [0.25, 0.3) is 0 Å². The number of rotatable bonds is 6. The zero-order valence-corrected chi connectivity index (χ0v) is 20.5. The van der Waals surface area contributed by atoms with Crippen molar-refractivity contribution in [3.05, 3.63) is 90.1 Å². The van der Waals surface area contributed by atoms with Gasteiger partial charge in [0.15, 0.2) is 0 Å². The molecule has 1 aromatic heterocycles. The minimum Gasteiger partial charge on any atom is -0.371 e. The average molecular weight is 470 g/mol. The molecule has 3 aromatic rings. The zero-order chi connectivity index (χ0) is 24.0. The van der Waals surface area contributed by atoms with Gasteiger partial charge in [-0.2, -0.15) is 0 Å². The minimum atomic E-state index is -0.0311. The largest absolute Gasteiger partial charge is 0.371 e. The highest BCUT2D eigenvalue weighted by molar-refractivity contribution is 5.94. The summed E-state index contributed by atoms with van der Waals surface area (Å²) in [4.78, 5) is 24.7. The fourth-order valence-corrected chi connectivity index (χ4v) is 5.27. The molecule has 0 bridgehead atoms. The summed E-state index contributed by atoms with van der Waals surface area (Å²) < 4.78 is 0. The van der Waals surface area contributed by atoms with Crippen molar-refractivity contribution in [2.24, 2.45) is 0 Å². The molecular formula is C29H35N5O. The Morgan fingerprint density at radius 3 is 2.17 bits per heavy atom. The molecule has 5 rings (SSSR count). The Bertz CT molecular complexity index is 1070. The third-order valence-corrected chi connectivity index (χ3v) is 7.41. The summed E-state index contributed by atoms with van der Waals surface area (Å²) in [7, 11) is 0. The van der Waals surface area contributed by atoms with E-state index in [1.165, 1.54) is 18.5 Å². The average Bonchev–Trinajstić information content (AvgIpc) is 2.94. The van der Waals surface area contributed by atoms with Crippen molar-refractivity contribution >= 4 is 17.4 Å². The first-order valence-electron chi connectivity index (χ1n) is 12.8. The van der Waals surface area contributed by atoms with Crippen LogP contribution < -0.4 is 15.1 Å². The molecule has 1 N–H and O–H groups in total. The van der Waals surface area contributed by atoms with Crippen LogP contribution in [-0.4, -0.2) is 61.1 Å². The van der Waals surface area contributed by atoms with Crippen molar-refractivity contribution in [3.63, 3.8) is 0 Å². The number of anilines is 2. The van der Waals surface area contributed by atoms with Crippen LogP contribution in [0.3, 0.4) is 0 Å². The third-order valence-electron chi connectivity index (χ3n) is 7.41. The molecule has 1 atom stereocenters. The maximum absolute atomic E-state index is 12.7. The highest BCUT2D eigenvalue weighted by Gasteiger charge is 2.28. The van der Waals surface area contributed by atoms with E-state index in [1.54, 1.807) is 0 Å². The highest BCUT2D eigenvalue weighted by Crippen LogP contribution is 2.25. The van der Waals surface area contributed by atoms with Crippen LogP contribution in [0.15, 0.2) is 79.0 Å². The minimum absolute atomic E-state index is 0.0202. The van der Waals surface area contributed by atoms with Gasteiger partial charge in [-0.05, 0) is 61.7 Å². The smallest absolute Gasteiger partial charge is 0.251 e. The van der Waals surface area contributed by atoms with Gasteiger partial charge in [-0.25, -0.2) is 4.98 Å². The molecule has 6 nitrogen and oxygen atoms in total. The quantitative estimate of drug-likeness (QED) is 0.581. The predicted octanol–water partition coefficient (Wildman–Crippen LogP) is 4.36. The van der Waals surface area contributed by atoms with Crippen molar-refractivity contribution in [2.75, 3.05) is 49.1 Å². The molecule has 2 aliphatic rings. The number of hydrogen-bond donors (Lipinski definition) is 1. The molecule has 2 fully saturated rings. The van der Waals surface area contributed by atoms with E-state index in [2.05, 4.69) is 49.3 Å². The summed E-state index contributed by atoms with van der Waals surface area (Å²) in [6, 6.07) is 24.9. The molecule has 0 radical (unpaired) electrons. The molecule has 0 unspecified atom stereocenters. The lowest BCUT2D eigenvalue weighted by atomic mass is 10.0. The van der Waals surface area contributed by atoms with Crippen molar-refractivity contribution in [3.8, 4) is 0 Å². The van der Waals surface area contributed by atoms with Crippen LogP contribution in [0.5, 0.6) is 0 Å². The normalized spacial score (nSPS) is 18.3. The number of piperazine rings is 1. The van der Waals surface area contributed by atoms with Crippen LogP contribution in [0.4, 0.5) is 11.5 Å². The van der Waals surface area contributed by atoms with Crippen LogP contribution in [0.1, 0.15) is 41.7 Å². The summed E-state index contributed by atoms with van der Waals surface area (Å²) in [6.07, 6.45) is 4.24. The van der Waals surface area contributed by atoms with E-state index in [4.69, 9.17) is 0 Å². The van der Waals surface area contributed by atoms with Crippen LogP contribution in [0.2, 0.25) is 0 Å². The summed E-state index contributed by atoms with van der Waals surface area (Å²) in [6.45, 7) is 8.43. The number of aromatic nitrogens is 1. The number of carbonyl (C=O) groups is 1. The molecule has 3 heterocycles. The molecule has 0 saturated carbocycles. The second-order valence-corrected chi connectivity index (χ2v) is 9.58. The van der Waals surface area contributed by atoms with Gasteiger partial charge in [-0.3, -0.25) is 9.69 Å². The Morgan fingerprint density at radius 1 is 0.829 bits per heavy atom. The first kappa shape index (κ1) is 23.4. The zero-order valence-electron chi connectivity index (χ0n) is 20.5. The Morgan fingerprint density at radius 2 is 1.51 bits per heavy atom. The molecule has 0 aliphatic carbocycles. The Hall–Kier alpha value is -3.38. The number of carbonyl (C=O) groups excluding carboxylic acids is 1. The van der Waals surface area contributed by atoms with Gasteiger partial charge < -0.3 is 15.1 Å². The summed E-state index contributed by atoms with van der Waals surface area (Å²) in [5.41, 5.74) is 3.02. The SMILES string of the molecule is C[C@H](NC(=O)c1ccc(N2CCC(N3CCN(c4ccccn4)CC3)CC2)cc1)c1ccccc1. The topological polar surface area (TPSA) is 51.7 Å². The van der Waals surface area contributed by atoms with Gasteiger partial charge >= 0.3 is 0 Å². The van der Waals surface area contributed by atoms with Gasteiger partial charge in [-0.1, -0.05) is 36.4 Å². The first-order chi connectivity index (χ1) is 17.2. The number of pyridine rings is 1. The van der Waals surface area contributed by atoms with Crippen LogP contribution >= 0.6 is 0 Å². The van der Waals surface area contributed by atoms with Crippen molar-refractivity contribution in [1.29, 1.82) is 0 Å². The fourth-order valence-electron chi connectivity index (χ4n) is 5.27. The fraction of sp³-hybridized carbons (Fsp3) is 0.379. The molecule has 35 heavy (non-hydrogen) atoms. The molecule has 2 aromatic carbocycles. The lowest BCUT2D eigenvalue weighted by molar-refractivity contribution is 0.0940. The molecule has 182 valence electrons. The number of benzene rings is 2. The van der Waals surface area contributed by atoms with Crippen molar-refractivity contribution < 1.29 is 4.79 Å². The second-order valence-electron chi connectivity index (χ2n) is 9.58. The molecule has 6 heteroatoms.